The lowest BCUT2D eigenvalue weighted by molar-refractivity contribution is -0.148. The summed E-state index contributed by atoms with van der Waals surface area (Å²) in [4.78, 5) is 27.2. The fraction of sp³-hybridized carbons (Fsp3) is 0.556. The maximum atomic E-state index is 13.0. The first kappa shape index (κ1) is 19.3. The Kier molecular flexibility index (Phi) is 7.16. The molecule has 2 unspecified atom stereocenters. The van der Waals surface area contributed by atoms with Crippen molar-refractivity contribution in [2.45, 2.75) is 45.0 Å². The van der Waals surface area contributed by atoms with E-state index in [1.165, 1.54) is 0 Å². The summed E-state index contributed by atoms with van der Waals surface area (Å²) in [6.07, 6.45) is 1.82. The van der Waals surface area contributed by atoms with Crippen molar-refractivity contribution in [3.63, 3.8) is 0 Å². The second kappa shape index (κ2) is 8.90. The third kappa shape index (κ3) is 4.54. The minimum atomic E-state index is -0.504. The highest BCUT2D eigenvalue weighted by atomic mass is 79.9. The summed E-state index contributed by atoms with van der Waals surface area (Å²) in [7, 11) is 0. The van der Waals surface area contributed by atoms with Gasteiger partial charge in [0.2, 0.25) is 0 Å². The molecule has 6 heteroatoms. The third-order valence-electron chi connectivity index (χ3n) is 3.95. The number of amides is 1. The lowest BCUT2D eigenvalue weighted by Gasteiger charge is -2.30. The molecule has 0 radical (unpaired) electrons. The Morgan fingerprint density at radius 1 is 1.33 bits per heavy atom. The van der Waals surface area contributed by atoms with Gasteiger partial charge in [0.25, 0.3) is 5.91 Å². The molecule has 1 aliphatic rings. The van der Waals surface area contributed by atoms with Crippen molar-refractivity contribution in [3.05, 3.63) is 34.3 Å². The molecule has 2 atom stereocenters. The van der Waals surface area contributed by atoms with Crippen molar-refractivity contribution in [1.82, 2.24) is 4.90 Å². The lowest BCUT2D eigenvalue weighted by atomic mass is 10.1. The average molecular weight is 414 g/mol. The van der Waals surface area contributed by atoms with Crippen molar-refractivity contribution in [2.75, 3.05) is 12.4 Å². The van der Waals surface area contributed by atoms with Gasteiger partial charge in [-0.05, 0) is 36.6 Å². The minimum Gasteiger partial charge on any atom is -0.464 e. The van der Waals surface area contributed by atoms with Crippen molar-refractivity contribution in [1.29, 1.82) is 0 Å². The highest BCUT2D eigenvalue weighted by molar-refractivity contribution is 9.10. The molecule has 132 valence electrons. The minimum absolute atomic E-state index is 0.00938. The van der Waals surface area contributed by atoms with Crippen LogP contribution in [0.2, 0.25) is 0 Å². The van der Waals surface area contributed by atoms with Crippen LogP contribution >= 0.6 is 27.7 Å². The molecular formula is C18H24BrNO3S. The summed E-state index contributed by atoms with van der Waals surface area (Å²) >= 11 is 5.04. The summed E-state index contributed by atoms with van der Waals surface area (Å²) in [5.41, 5.74) is 0.595. The zero-order valence-electron chi connectivity index (χ0n) is 14.3. The van der Waals surface area contributed by atoms with Crippen LogP contribution in [0.15, 0.2) is 28.7 Å². The molecule has 1 fully saturated rings. The standard InChI is InChI=1S/C18H24BrNO3S/c1-4-5-10-23-18(22)15-11-24-17(12(2)3)20(15)16(21)13-6-8-14(19)9-7-13/h6-9,12,15,17H,4-5,10-11H2,1-3H3. The molecule has 0 aliphatic carbocycles. The average Bonchev–Trinajstić information content (AvgIpc) is 3.00. The third-order valence-corrected chi connectivity index (χ3v) is 6.09. The first-order valence-electron chi connectivity index (χ1n) is 8.32. The molecule has 2 rings (SSSR count). The summed E-state index contributed by atoms with van der Waals surface area (Å²) < 4.78 is 6.30. The number of hydrogen-bond donors (Lipinski definition) is 0. The molecule has 0 saturated carbocycles. The molecule has 0 N–H and O–H groups in total. The SMILES string of the molecule is CCCCOC(=O)C1CSC(C(C)C)N1C(=O)c1ccc(Br)cc1. The van der Waals surface area contributed by atoms with Crippen LogP contribution in [-0.4, -0.2) is 40.6 Å². The van der Waals surface area contributed by atoms with Gasteiger partial charge in [0, 0.05) is 15.8 Å². The quantitative estimate of drug-likeness (QED) is 0.514. The van der Waals surface area contributed by atoms with Gasteiger partial charge in [-0.25, -0.2) is 4.79 Å². The Morgan fingerprint density at radius 2 is 2.00 bits per heavy atom. The van der Waals surface area contributed by atoms with Crippen LogP contribution in [0.25, 0.3) is 0 Å². The van der Waals surface area contributed by atoms with Crippen molar-refractivity contribution < 1.29 is 14.3 Å². The van der Waals surface area contributed by atoms with Gasteiger partial charge in [-0.1, -0.05) is 43.1 Å². The van der Waals surface area contributed by atoms with Crippen LogP contribution in [0.5, 0.6) is 0 Å². The van der Waals surface area contributed by atoms with E-state index in [1.54, 1.807) is 28.8 Å². The number of halogens is 1. The normalized spacial score (nSPS) is 20.5. The van der Waals surface area contributed by atoms with E-state index in [0.717, 1.165) is 17.3 Å². The van der Waals surface area contributed by atoms with Crippen molar-refractivity contribution >= 4 is 39.6 Å². The molecule has 4 nitrogen and oxygen atoms in total. The van der Waals surface area contributed by atoms with Crippen molar-refractivity contribution in [2.24, 2.45) is 5.92 Å². The Hall–Kier alpha value is -1.01. The monoisotopic (exact) mass is 413 g/mol. The molecule has 1 saturated heterocycles. The molecule has 1 amide bonds. The number of thioether (sulfide) groups is 1. The topological polar surface area (TPSA) is 46.6 Å². The number of benzene rings is 1. The van der Waals surface area contributed by atoms with Gasteiger partial charge < -0.3 is 9.64 Å². The van der Waals surface area contributed by atoms with Crippen molar-refractivity contribution in [3.8, 4) is 0 Å². The summed E-state index contributed by atoms with van der Waals surface area (Å²) in [5.74, 6) is 0.465. The number of ether oxygens (including phenoxy) is 1. The van der Waals surface area contributed by atoms with E-state index >= 15 is 0 Å². The van der Waals surface area contributed by atoms with E-state index in [2.05, 4.69) is 36.7 Å². The molecule has 0 bridgehead atoms. The van der Waals surface area contributed by atoms with Crippen LogP contribution < -0.4 is 0 Å². The predicted octanol–water partition coefficient (Wildman–Crippen LogP) is 4.33. The number of rotatable bonds is 6. The summed E-state index contributed by atoms with van der Waals surface area (Å²) in [5, 5.41) is -0.00938. The van der Waals surface area contributed by atoms with Gasteiger partial charge in [0.05, 0.1) is 12.0 Å². The molecule has 24 heavy (non-hydrogen) atoms. The first-order chi connectivity index (χ1) is 11.5. The number of esters is 1. The highest BCUT2D eigenvalue weighted by Crippen LogP contribution is 2.35. The van der Waals surface area contributed by atoms with Gasteiger partial charge in [0.1, 0.15) is 6.04 Å². The second-order valence-corrected chi connectivity index (χ2v) is 8.29. The molecule has 1 aliphatic heterocycles. The zero-order valence-corrected chi connectivity index (χ0v) is 16.7. The largest absolute Gasteiger partial charge is 0.464 e. The number of hydrogen-bond acceptors (Lipinski definition) is 4. The van der Waals surface area contributed by atoms with Gasteiger partial charge in [-0.3, -0.25) is 4.79 Å². The highest BCUT2D eigenvalue weighted by Gasteiger charge is 2.43. The fourth-order valence-electron chi connectivity index (χ4n) is 2.63. The molecular weight excluding hydrogens is 390 g/mol. The summed E-state index contributed by atoms with van der Waals surface area (Å²) in [6.45, 7) is 6.62. The Labute approximate surface area is 156 Å². The number of carbonyl (C=O) groups excluding carboxylic acids is 2. The number of carbonyl (C=O) groups is 2. The van der Waals surface area contributed by atoms with E-state index in [0.29, 0.717) is 17.9 Å². The maximum absolute atomic E-state index is 13.0. The van der Waals surface area contributed by atoms with E-state index in [9.17, 15) is 9.59 Å². The van der Waals surface area contributed by atoms with Crippen LogP contribution in [0.1, 0.15) is 44.0 Å². The van der Waals surface area contributed by atoms with Gasteiger partial charge in [-0.2, -0.15) is 0 Å². The predicted molar refractivity (Wildman–Crippen MR) is 101 cm³/mol. The molecule has 1 aromatic carbocycles. The van der Waals surface area contributed by atoms with Gasteiger partial charge in [0.15, 0.2) is 0 Å². The molecule has 0 aromatic heterocycles. The van der Waals surface area contributed by atoms with E-state index < -0.39 is 6.04 Å². The van der Waals surface area contributed by atoms with Crippen LogP contribution in [-0.2, 0) is 9.53 Å². The Morgan fingerprint density at radius 3 is 2.58 bits per heavy atom. The molecule has 1 aromatic rings. The van der Waals surface area contributed by atoms with Gasteiger partial charge >= 0.3 is 5.97 Å². The first-order valence-corrected chi connectivity index (χ1v) is 10.2. The Bertz CT molecular complexity index is 576. The second-order valence-electron chi connectivity index (χ2n) is 6.22. The van der Waals surface area contributed by atoms with E-state index in [4.69, 9.17) is 4.74 Å². The van der Waals surface area contributed by atoms with Crippen LogP contribution in [0, 0.1) is 5.92 Å². The molecule has 0 spiro atoms. The zero-order chi connectivity index (χ0) is 17.7. The van der Waals surface area contributed by atoms with Crippen LogP contribution in [0.3, 0.4) is 0 Å². The van der Waals surface area contributed by atoms with E-state index in [-0.39, 0.29) is 23.2 Å². The Balaban J connectivity index is 2.19. The van der Waals surface area contributed by atoms with Gasteiger partial charge in [-0.15, -0.1) is 11.8 Å². The molecule has 1 heterocycles. The fourth-order valence-corrected chi connectivity index (χ4v) is 4.36. The summed E-state index contributed by atoms with van der Waals surface area (Å²) in [6, 6.07) is 6.75. The number of nitrogens with zero attached hydrogens (tertiary/aromatic N) is 1. The van der Waals surface area contributed by atoms with E-state index in [1.807, 2.05) is 12.1 Å². The number of unbranched alkanes of at least 4 members (excludes halogenated alkanes) is 1. The van der Waals surface area contributed by atoms with Crippen LogP contribution in [0.4, 0.5) is 0 Å². The lowest BCUT2D eigenvalue weighted by Crippen LogP contribution is -2.47. The maximum Gasteiger partial charge on any atom is 0.329 e. The smallest absolute Gasteiger partial charge is 0.329 e.